The lowest BCUT2D eigenvalue weighted by atomic mass is 9.84. The maximum atomic E-state index is 6.24. The zero-order valence-corrected chi connectivity index (χ0v) is 14.8. The van der Waals surface area contributed by atoms with Gasteiger partial charge in [0.2, 0.25) is 0 Å². The first-order valence-electron chi connectivity index (χ1n) is 8.86. The van der Waals surface area contributed by atoms with E-state index in [-0.39, 0.29) is 0 Å². The summed E-state index contributed by atoms with van der Waals surface area (Å²) in [4.78, 5) is 11.1. The summed E-state index contributed by atoms with van der Waals surface area (Å²) in [5.74, 6) is 0.679. The molecule has 0 saturated carbocycles. The summed E-state index contributed by atoms with van der Waals surface area (Å²) in [6.07, 6.45) is 2.94. The van der Waals surface area contributed by atoms with E-state index in [1.807, 2.05) is 5.51 Å². The fourth-order valence-electron chi connectivity index (χ4n) is 4.30. The average molecular weight is 337 g/mol. The van der Waals surface area contributed by atoms with Gasteiger partial charge in [-0.15, -0.1) is 11.3 Å². The number of morpholine rings is 1. The summed E-state index contributed by atoms with van der Waals surface area (Å²) in [7, 11) is 0. The fraction of sp³-hybridized carbons (Fsp3) is 0.824. The summed E-state index contributed by atoms with van der Waals surface area (Å²) in [5, 5.41) is 0. The minimum absolute atomic E-state index is 0.417. The van der Waals surface area contributed by atoms with Gasteiger partial charge in [-0.25, -0.2) is 4.98 Å². The van der Waals surface area contributed by atoms with Crippen LogP contribution in [0.3, 0.4) is 0 Å². The molecule has 1 aromatic heterocycles. The molecule has 0 aliphatic carbocycles. The van der Waals surface area contributed by atoms with E-state index in [0.717, 1.165) is 46.0 Å². The number of nitrogens with zero attached hydrogens (tertiary/aromatic N) is 3. The van der Waals surface area contributed by atoms with E-state index < -0.39 is 0 Å². The third kappa shape index (κ3) is 3.46. The second kappa shape index (κ2) is 7.15. The topological polar surface area (TPSA) is 37.8 Å². The van der Waals surface area contributed by atoms with Crippen LogP contribution in [0.4, 0.5) is 0 Å². The van der Waals surface area contributed by atoms with Crippen LogP contribution >= 0.6 is 11.3 Å². The number of ether oxygens (including phenoxy) is 2. The normalized spacial score (nSPS) is 33.5. The van der Waals surface area contributed by atoms with Crippen molar-refractivity contribution in [1.82, 2.24) is 14.8 Å². The van der Waals surface area contributed by atoms with Gasteiger partial charge in [0.05, 0.1) is 30.5 Å². The molecule has 3 saturated heterocycles. The van der Waals surface area contributed by atoms with Gasteiger partial charge in [0.15, 0.2) is 0 Å². The molecule has 3 aliphatic heterocycles. The second-order valence-electron chi connectivity index (χ2n) is 7.01. The van der Waals surface area contributed by atoms with Crippen molar-refractivity contribution in [2.45, 2.75) is 38.5 Å². The lowest BCUT2D eigenvalue weighted by Gasteiger charge is -2.50. The number of aromatic nitrogens is 1. The molecular formula is C17H27N3O2S. The monoisotopic (exact) mass is 337 g/mol. The molecule has 5 nitrogen and oxygen atoms in total. The van der Waals surface area contributed by atoms with Crippen LogP contribution in [0.25, 0.3) is 0 Å². The highest BCUT2D eigenvalue weighted by Gasteiger charge is 2.42. The molecule has 0 bridgehead atoms. The largest absolute Gasteiger partial charge is 0.379 e. The highest BCUT2D eigenvalue weighted by molar-refractivity contribution is 7.09. The van der Waals surface area contributed by atoms with Gasteiger partial charge in [0, 0.05) is 50.2 Å². The number of fused-ring (bicyclic) bond motifs is 1. The van der Waals surface area contributed by atoms with Gasteiger partial charge in [-0.05, 0) is 25.7 Å². The fourth-order valence-corrected chi connectivity index (χ4v) is 5.12. The third-order valence-corrected chi connectivity index (χ3v) is 6.46. The Bertz CT molecular complexity index is 518. The molecular weight excluding hydrogens is 310 g/mol. The number of thiazole rings is 1. The Balaban J connectivity index is 1.49. The molecule has 6 heteroatoms. The Kier molecular flexibility index (Phi) is 4.96. The van der Waals surface area contributed by atoms with E-state index in [4.69, 9.17) is 9.47 Å². The van der Waals surface area contributed by atoms with Crippen LogP contribution in [0.5, 0.6) is 0 Å². The van der Waals surface area contributed by atoms with Gasteiger partial charge in [0.1, 0.15) is 0 Å². The molecule has 3 aliphatic rings. The minimum atomic E-state index is 0.417. The molecule has 3 fully saturated rings. The van der Waals surface area contributed by atoms with E-state index in [1.54, 1.807) is 11.3 Å². The lowest BCUT2D eigenvalue weighted by Crippen LogP contribution is -2.62. The SMILES string of the molecule is Cc1ncsc1CN1C[C@H]2CCCO[C@H]2[C@@H](N2CCOCC2)C1. The van der Waals surface area contributed by atoms with Crippen LogP contribution in [0.15, 0.2) is 5.51 Å². The first-order valence-corrected chi connectivity index (χ1v) is 9.74. The molecule has 0 amide bonds. The maximum Gasteiger partial charge on any atom is 0.0798 e. The van der Waals surface area contributed by atoms with Crippen molar-refractivity contribution < 1.29 is 9.47 Å². The van der Waals surface area contributed by atoms with Crippen LogP contribution in [0.1, 0.15) is 23.4 Å². The van der Waals surface area contributed by atoms with Crippen LogP contribution in [-0.4, -0.2) is 72.9 Å². The molecule has 128 valence electrons. The Hall–Kier alpha value is -0.530. The minimum Gasteiger partial charge on any atom is -0.379 e. The van der Waals surface area contributed by atoms with Gasteiger partial charge >= 0.3 is 0 Å². The first-order chi connectivity index (χ1) is 11.3. The predicted octanol–water partition coefficient (Wildman–Crippen LogP) is 1.76. The maximum absolute atomic E-state index is 6.24. The second-order valence-corrected chi connectivity index (χ2v) is 7.95. The number of piperidine rings is 1. The van der Waals surface area contributed by atoms with E-state index in [9.17, 15) is 0 Å². The van der Waals surface area contributed by atoms with Crippen molar-refractivity contribution in [3.8, 4) is 0 Å². The third-order valence-electron chi connectivity index (χ3n) is 5.54. The highest BCUT2D eigenvalue weighted by atomic mass is 32.1. The van der Waals surface area contributed by atoms with Crippen LogP contribution < -0.4 is 0 Å². The van der Waals surface area contributed by atoms with Crippen molar-refractivity contribution in [2.75, 3.05) is 46.0 Å². The Morgan fingerprint density at radius 1 is 1.26 bits per heavy atom. The quantitative estimate of drug-likeness (QED) is 0.840. The number of aryl methyl sites for hydroxylation is 1. The van der Waals surface area contributed by atoms with Crippen molar-refractivity contribution in [3.63, 3.8) is 0 Å². The average Bonchev–Trinajstić information content (AvgIpc) is 3.00. The van der Waals surface area contributed by atoms with E-state index in [0.29, 0.717) is 18.1 Å². The highest BCUT2D eigenvalue weighted by Crippen LogP contribution is 2.32. The molecule has 0 aromatic carbocycles. The standard InChI is InChI=1S/C17H27N3O2S/c1-13-16(23-12-18-13)11-19-9-14-3-2-6-22-17(14)15(10-19)20-4-7-21-8-5-20/h12,14-15,17H,2-11H2,1H3/t14-,15+,17-/m1/s1. The molecule has 0 spiro atoms. The zero-order valence-electron chi connectivity index (χ0n) is 13.9. The summed E-state index contributed by atoms with van der Waals surface area (Å²) in [6.45, 7) is 10.2. The number of likely N-dealkylation sites (tertiary alicyclic amines) is 1. The molecule has 3 atom stereocenters. The Morgan fingerprint density at radius 3 is 2.91 bits per heavy atom. The van der Waals surface area contributed by atoms with E-state index in [2.05, 4.69) is 21.7 Å². The number of hydrogen-bond acceptors (Lipinski definition) is 6. The van der Waals surface area contributed by atoms with Crippen LogP contribution in [0.2, 0.25) is 0 Å². The lowest BCUT2D eigenvalue weighted by molar-refractivity contribution is -0.128. The summed E-state index contributed by atoms with van der Waals surface area (Å²) >= 11 is 1.79. The molecule has 0 unspecified atom stereocenters. The first kappa shape index (κ1) is 16.0. The number of hydrogen-bond donors (Lipinski definition) is 0. The van der Waals surface area contributed by atoms with Crippen molar-refractivity contribution in [1.29, 1.82) is 0 Å². The molecule has 4 heterocycles. The molecule has 4 rings (SSSR count). The van der Waals surface area contributed by atoms with Gasteiger partial charge in [0.25, 0.3) is 0 Å². The smallest absolute Gasteiger partial charge is 0.0798 e. The molecule has 1 aromatic rings. The molecule has 0 N–H and O–H groups in total. The van der Waals surface area contributed by atoms with Gasteiger partial charge in [-0.2, -0.15) is 0 Å². The van der Waals surface area contributed by atoms with Crippen molar-refractivity contribution in [3.05, 3.63) is 16.1 Å². The summed E-state index contributed by atoms with van der Waals surface area (Å²) in [5.41, 5.74) is 3.17. The predicted molar refractivity (Wildman–Crippen MR) is 90.8 cm³/mol. The Morgan fingerprint density at radius 2 is 2.13 bits per heavy atom. The van der Waals surface area contributed by atoms with E-state index in [1.165, 1.54) is 30.0 Å². The van der Waals surface area contributed by atoms with E-state index >= 15 is 0 Å². The van der Waals surface area contributed by atoms with Gasteiger partial charge in [-0.1, -0.05) is 0 Å². The van der Waals surface area contributed by atoms with Crippen molar-refractivity contribution >= 4 is 11.3 Å². The summed E-state index contributed by atoms with van der Waals surface area (Å²) < 4.78 is 11.8. The van der Waals surface area contributed by atoms with Crippen molar-refractivity contribution in [2.24, 2.45) is 5.92 Å². The summed E-state index contributed by atoms with van der Waals surface area (Å²) in [6, 6.07) is 0.520. The number of rotatable bonds is 3. The van der Waals surface area contributed by atoms with Gasteiger partial charge in [-0.3, -0.25) is 9.80 Å². The molecule has 0 radical (unpaired) electrons. The zero-order chi connectivity index (χ0) is 15.6. The molecule has 23 heavy (non-hydrogen) atoms. The Labute approximate surface area is 142 Å². The van der Waals surface area contributed by atoms with Crippen LogP contribution in [0, 0.1) is 12.8 Å². The van der Waals surface area contributed by atoms with Gasteiger partial charge < -0.3 is 9.47 Å². The van der Waals surface area contributed by atoms with Crippen LogP contribution in [-0.2, 0) is 16.0 Å².